The normalized spacial score (nSPS) is 17.0. The van der Waals surface area contributed by atoms with Crippen molar-refractivity contribution in [3.05, 3.63) is 66.2 Å². The van der Waals surface area contributed by atoms with Crippen molar-refractivity contribution in [1.29, 1.82) is 0 Å². The molecule has 0 amide bonds. The molecule has 1 atom stereocenters. The molecule has 1 saturated heterocycles. The van der Waals surface area contributed by atoms with Gasteiger partial charge in [0.25, 0.3) is 0 Å². The summed E-state index contributed by atoms with van der Waals surface area (Å²) in [5, 5.41) is 0. The zero-order valence-corrected chi connectivity index (χ0v) is 14.6. The van der Waals surface area contributed by atoms with E-state index in [1.165, 1.54) is 18.4 Å². The van der Waals surface area contributed by atoms with Gasteiger partial charge in [-0.05, 0) is 50.0 Å². The molecule has 4 nitrogen and oxygen atoms in total. The lowest BCUT2D eigenvalue weighted by Gasteiger charge is -2.28. The maximum atomic E-state index is 12.5. The summed E-state index contributed by atoms with van der Waals surface area (Å²) in [6, 6.07) is 19.0. The second-order valence-electron chi connectivity index (χ2n) is 6.25. The van der Waals surface area contributed by atoms with Gasteiger partial charge in [-0.1, -0.05) is 48.5 Å². The lowest BCUT2D eigenvalue weighted by atomic mass is 10.1. The van der Waals surface area contributed by atoms with Crippen molar-refractivity contribution in [3.63, 3.8) is 0 Å². The molecule has 128 valence electrons. The summed E-state index contributed by atoms with van der Waals surface area (Å²) in [7, 11) is -3.45. The number of benzene rings is 2. The number of nitrogens with one attached hydrogen (secondary N) is 1. The van der Waals surface area contributed by atoms with Crippen molar-refractivity contribution < 1.29 is 8.42 Å². The highest BCUT2D eigenvalue weighted by molar-refractivity contribution is 7.89. The number of likely N-dealkylation sites (tertiary alicyclic amines) is 1. The van der Waals surface area contributed by atoms with E-state index in [1.807, 2.05) is 24.3 Å². The van der Waals surface area contributed by atoms with Crippen molar-refractivity contribution in [2.24, 2.45) is 0 Å². The van der Waals surface area contributed by atoms with Gasteiger partial charge in [-0.15, -0.1) is 0 Å². The minimum atomic E-state index is -3.45. The van der Waals surface area contributed by atoms with Crippen LogP contribution < -0.4 is 4.72 Å². The number of hydrogen-bond donors (Lipinski definition) is 1. The number of rotatable bonds is 7. The number of nitrogens with zero attached hydrogens (tertiary/aromatic N) is 1. The second-order valence-corrected chi connectivity index (χ2v) is 8.02. The third-order valence-electron chi connectivity index (χ3n) is 4.53. The molecule has 1 heterocycles. The molecular formula is C19H24N2O2S. The van der Waals surface area contributed by atoms with Crippen molar-refractivity contribution in [3.8, 4) is 0 Å². The maximum absolute atomic E-state index is 12.5. The van der Waals surface area contributed by atoms with Gasteiger partial charge in [0.1, 0.15) is 0 Å². The molecular weight excluding hydrogens is 320 g/mol. The molecule has 1 aliphatic heterocycles. The summed E-state index contributed by atoms with van der Waals surface area (Å²) in [5.74, 6) is 0. The fourth-order valence-electron chi connectivity index (χ4n) is 3.21. The van der Waals surface area contributed by atoms with Gasteiger partial charge in [0.05, 0.1) is 4.90 Å². The van der Waals surface area contributed by atoms with Crippen molar-refractivity contribution in [1.82, 2.24) is 9.62 Å². The van der Waals surface area contributed by atoms with Crippen molar-refractivity contribution >= 4 is 10.0 Å². The van der Waals surface area contributed by atoms with E-state index in [0.29, 0.717) is 11.4 Å². The Labute approximate surface area is 144 Å². The molecule has 0 aromatic heterocycles. The first-order chi connectivity index (χ1) is 11.6. The molecule has 0 aliphatic carbocycles. The van der Waals surface area contributed by atoms with Gasteiger partial charge in [0.15, 0.2) is 0 Å². The molecule has 0 saturated carbocycles. The van der Waals surface area contributed by atoms with Crippen LogP contribution in [-0.4, -0.2) is 39.0 Å². The van der Waals surface area contributed by atoms with Crippen molar-refractivity contribution in [2.75, 3.05) is 19.6 Å². The summed E-state index contributed by atoms with van der Waals surface area (Å²) < 4.78 is 27.8. The average Bonchev–Trinajstić information content (AvgIpc) is 3.15. The Balaban J connectivity index is 1.70. The Morgan fingerprint density at radius 1 is 0.917 bits per heavy atom. The Bertz CT molecular complexity index is 726. The largest absolute Gasteiger partial charge is 0.299 e. The quantitative estimate of drug-likeness (QED) is 0.840. The van der Waals surface area contributed by atoms with Crippen molar-refractivity contribution in [2.45, 2.75) is 30.2 Å². The first-order valence-electron chi connectivity index (χ1n) is 8.48. The van der Waals surface area contributed by atoms with E-state index in [0.717, 1.165) is 19.5 Å². The van der Waals surface area contributed by atoms with E-state index in [9.17, 15) is 8.42 Å². The van der Waals surface area contributed by atoms with Gasteiger partial charge in [-0.3, -0.25) is 4.90 Å². The molecule has 24 heavy (non-hydrogen) atoms. The second kappa shape index (κ2) is 7.92. The Hall–Kier alpha value is -1.69. The molecule has 2 aromatic carbocycles. The molecule has 5 heteroatoms. The first kappa shape index (κ1) is 17.1. The molecule has 0 bridgehead atoms. The molecule has 1 aliphatic rings. The topological polar surface area (TPSA) is 49.4 Å². The van der Waals surface area contributed by atoms with Gasteiger partial charge in [0, 0.05) is 12.6 Å². The standard InChI is InChI=1S/C19H24N2O2S/c22-24(23,19-11-5-2-6-12-19)20-16-18(21-13-7-8-14-21)15-17-9-3-1-4-10-17/h1-6,9-12,18,20H,7-8,13-16H2. The predicted octanol–water partition coefficient (Wildman–Crippen LogP) is 2.67. The van der Waals surface area contributed by atoms with Crippen LogP contribution in [0.1, 0.15) is 18.4 Å². The van der Waals surface area contributed by atoms with Crippen LogP contribution in [-0.2, 0) is 16.4 Å². The minimum Gasteiger partial charge on any atom is -0.299 e. The Morgan fingerprint density at radius 2 is 1.50 bits per heavy atom. The van der Waals surface area contributed by atoms with Gasteiger partial charge < -0.3 is 0 Å². The summed E-state index contributed by atoms with van der Waals surface area (Å²) in [4.78, 5) is 2.73. The summed E-state index contributed by atoms with van der Waals surface area (Å²) >= 11 is 0. The van der Waals surface area contributed by atoms with E-state index in [4.69, 9.17) is 0 Å². The molecule has 0 spiro atoms. The smallest absolute Gasteiger partial charge is 0.240 e. The zero-order valence-electron chi connectivity index (χ0n) is 13.8. The maximum Gasteiger partial charge on any atom is 0.240 e. The highest BCUT2D eigenvalue weighted by Crippen LogP contribution is 2.16. The molecule has 2 aromatic rings. The number of sulfonamides is 1. The van der Waals surface area contributed by atoms with E-state index in [1.54, 1.807) is 24.3 Å². The van der Waals surface area contributed by atoms with Crippen LogP contribution in [0.3, 0.4) is 0 Å². The fourth-order valence-corrected chi connectivity index (χ4v) is 4.31. The first-order valence-corrected chi connectivity index (χ1v) is 9.96. The van der Waals surface area contributed by atoms with E-state index < -0.39 is 10.0 Å². The van der Waals surface area contributed by atoms with Crippen LogP contribution in [0.15, 0.2) is 65.6 Å². The number of hydrogen-bond acceptors (Lipinski definition) is 3. The van der Waals surface area contributed by atoms with Gasteiger partial charge in [-0.25, -0.2) is 13.1 Å². The molecule has 1 unspecified atom stereocenters. The van der Waals surface area contributed by atoms with Crippen LogP contribution in [0.2, 0.25) is 0 Å². The lowest BCUT2D eigenvalue weighted by Crippen LogP contribution is -2.43. The lowest BCUT2D eigenvalue weighted by molar-refractivity contribution is 0.241. The summed E-state index contributed by atoms with van der Waals surface area (Å²) in [6.07, 6.45) is 3.24. The van der Waals surface area contributed by atoms with E-state index in [-0.39, 0.29) is 6.04 Å². The van der Waals surface area contributed by atoms with Crippen LogP contribution in [0.4, 0.5) is 0 Å². The van der Waals surface area contributed by atoms with Crippen LogP contribution >= 0.6 is 0 Å². The SMILES string of the molecule is O=S(=O)(NCC(Cc1ccccc1)N1CCCC1)c1ccccc1. The van der Waals surface area contributed by atoms with Crippen LogP contribution in [0, 0.1) is 0 Å². The minimum absolute atomic E-state index is 0.188. The zero-order chi connectivity index (χ0) is 16.8. The van der Waals surface area contributed by atoms with Gasteiger partial charge in [-0.2, -0.15) is 0 Å². The van der Waals surface area contributed by atoms with Gasteiger partial charge in [0.2, 0.25) is 10.0 Å². The third-order valence-corrected chi connectivity index (χ3v) is 5.97. The molecule has 1 N–H and O–H groups in total. The fraction of sp³-hybridized carbons (Fsp3) is 0.368. The van der Waals surface area contributed by atoms with Gasteiger partial charge >= 0.3 is 0 Å². The molecule has 3 rings (SSSR count). The summed E-state index contributed by atoms with van der Waals surface area (Å²) in [6.45, 7) is 2.53. The highest BCUT2D eigenvalue weighted by atomic mass is 32.2. The summed E-state index contributed by atoms with van der Waals surface area (Å²) in [5.41, 5.74) is 1.24. The Morgan fingerprint density at radius 3 is 2.12 bits per heavy atom. The third kappa shape index (κ3) is 4.44. The molecule has 0 radical (unpaired) electrons. The monoisotopic (exact) mass is 344 g/mol. The predicted molar refractivity (Wildman–Crippen MR) is 96.4 cm³/mol. The van der Waals surface area contributed by atoms with Crippen LogP contribution in [0.25, 0.3) is 0 Å². The highest BCUT2D eigenvalue weighted by Gasteiger charge is 2.24. The molecule has 1 fully saturated rings. The Kier molecular flexibility index (Phi) is 5.66. The van der Waals surface area contributed by atoms with Crippen LogP contribution in [0.5, 0.6) is 0 Å². The van der Waals surface area contributed by atoms with E-state index >= 15 is 0 Å². The average molecular weight is 344 g/mol. The van der Waals surface area contributed by atoms with E-state index in [2.05, 4.69) is 21.8 Å².